The van der Waals surface area contributed by atoms with Gasteiger partial charge in [-0.1, -0.05) is 25.2 Å². The van der Waals surface area contributed by atoms with Gasteiger partial charge < -0.3 is 5.11 Å². The van der Waals surface area contributed by atoms with Gasteiger partial charge in [-0.15, -0.1) is 0 Å². The van der Waals surface area contributed by atoms with E-state index in [2.05, 4.69) is 20.4 Å². The van der Waals surface area contributed by atoms with Gasteiger partial charge in [-0.05, 0) is 55.9 Å². The topological polar surface area (TPSA) is 37.3 Å². The second kappa shape index (κ2) is 6.75. The van der Waals surface area contributed by atoms with Crippen LogP contribution < -0.4 is 0 Å². The highest BCUT2D eigenvalue weighted by Crippen LogP contribution is 2.42. The van der Waals surface area contributed by atoms with Crippen molar-refractivity contribution >= 4 is 6.29 Å². The lowest BCUT2D eigenvalue weighted by molar-refractivity contribution is -0.105. The van der Waals surface area contributed by atoms with Crippen molar-refractivity contribution in [3.63, 3.8) is 0 Å². The van der Waals surface area contributed by atoms with Crippen molar-refractivity contribution in [3.05, 3.63) is 23.8 Å². The lowest BCUT2D eigenvalue weighted by atomic mass is 9.83. The largest absolute Gasteiger partial charge is 0.396 e. The fourth-order valence-electron chi connectivity index (χ4n) is 2.90. The molecule has 1 aliphatic carbocycles. The van der Waals surface area contributed by atoms with Crippen LogP contribution in [0.3, 0.4) is 0 Å². The molecule has 96 valence electrons. The van der Waals surface area contributed by atoms with Gasteiger partial charge in [0.05, 0.1) is 0 Å². The Balaban J connectivity index is 2.64. The van der Waals surface area contributed by atoms with Crippen LogP contribution in [0, 0.1) is 17.8 Å². The normalized spacial score (nSPS) is 29.4. The third kappa shape index (κ3) is 3.81. The number of hydrogen-bond acceptors (Lipinski definition) is 2. The maximum atomic E-state index is 10.8. The van der Waals surface area contributed by atoms with Crippen LogP contribution in [0.25, 0.3) is 0 Å². The molecule has 0 spiro atoms. The monoisotopic (exact) mass is 236 g/mol. The van der Waals surface area contributed by atoms with Crippen molar-refractivity contribution in [2.75, 3.05) is 6.61 Å². The Morgan fingerprint density at radius 1 is 1.47 bits per heavy atom. The second-order valence-electron chi connectivity index (χ2n) is 5.28. The quantitative estimate of drug-likeness (QED) is 0.437. The van der Waals surface area contributed by atoms with Gasteiger partial charge >= 0.3 is 0 Å². The third-order valence-corrected chi connectivity index (χ3v) is 4.02. The molecule has 0 radical (unpaired) electrons. The smallest absolute Gasteiger partial charge is 0.145 e. The molecule has 1 rings (SSSR count). The summed E-state index contributed by atoms with van der Waals surface area (Å²) in [4.78, 5) is 10.8. The van der Waals surface area contributed by atoms with Crippen molar-refractivity contribution in [2.24, 2.45) is 17.8 Å². The second-order valence-corrected chi connectivity index (χ2v) is 5.28. The summed E-state index contributed by atoms with van der Waals surface area (Å²) in [5.74, 6) is 1.92. The van der Waals surface area contributed by atoms with Crippen LogP contribution in [0.15, 0.2) is 23.8 Å². The first kappa shape index (κ1) is 14.2. The van der Waals surface area contributed by atoms with E-state index in [9.17, 15) is 4.79 Å². The number of carbonyl (C=O) groups is 1. The average Bonchev–Trinajstić information content (AvgIpc) is 2.66. The lowest BCUT2D eigenvalue weighted by Crippen LogP contribution is -2.13. The van der Waals surface area contributed by atoms with Crippen LogP contribution in [0.1, 0.15) is 39.5 Å². The molecule has 0 aromatic carbocycles. The van der Waals surface area contributed by atoms with Crippen molar-refractivity contribution in [3.8, 4) is 0 Å². The minimum atomic E-state index is 0.0503. The third-order valence-electron chi connectivity index (χ3n) is 4.02. The average molecular weight is 236 g/mol. The summed E-state index contributed by atoms with van der Waals surface area (Å²) < 4.78 is 0. The van der Waals surface area contributed by atoms with Gasteiger partial charge in [-0.3, -0.25) is 4.79 Å². The standard InChI is InChI=1S/C15H24O2/c1-11(2)14-6-4-12(3)15(14)7-5-13(10-17)8-9-16/h5,10,12,14-16H,1,4,6-9H2,2-3H3. The molecule has 0 heterocycles. The molecule has 0 amide bonds. The van der Waals surface area contributed by atoms with Crippen LogP contribution in [0.2, 0.25) is 0 Å². The minimum absolute atomic E-state index is 0.0503. The first-order chi connectivity index (χ1) is 8.10. The Morgan fingerprint density at radius 2 is 2.18 bits per heavy atom. The van der Waals surface area contributed by atoms with Crippen molar-refractivity contribution < 1.29 is 9.90 Å². The Morgan fingerprint density at radius 3 is 2.71 bits per heavy atom. The van der Waals surface area contributed by atoms with E-state index in [-0.39, 0.29) is 6.61 Å². The predicted molar refractivity (Wildman–Crippen MR) is 70.7 cm³/mol. The summed E-state index contributed by atoms with van der Waals surface area (Å²) in [5, 5.41) is 8.84. The first-order valence-electron chi connectivity index (χ1n) is 6.50. The number of hydrogen-bond donors (Lipinski definition) is 1. The van der Waals surface area contributed by atoms with E-state index in [4.69, 9.17) is 5.11 Å². The number of aldehydes is 1. The maximum absolute atomic E-state index is 10.8. The van der Waals surface area contributed by atoms with E-state index in [0.717, 1.165) is 18.3 Å². The van der Waals surface area contributed by atoms with E-state index in [1.54, 1.807) is 0 Å². The zero-order chi connectivity index (χ0) is 12.8. The van der Waals surface area contributed by atoms with Gasteiger partial charge in [-0.25, -0.2) is 0 Å². The van der Waals surface area contributed by atoms with Crippen LogP contribution in [0.4, 0.5) is 0 Å². The van der Waals surface area contributed by atoms with Gasteiger partial charge in [0, 0.05) is 6.61 Å². The Kier molecular flexibility index (Phi) is 5.63. The van der Waals surface area contributed by atoms with E-state index in [1.165, 1.54) is 18.4 Å². The molecule has 1 aliphatic rings. The number of rotatable bonds is 6. The van der Waals surface area contributed by atoms with Gasteiger partial charge in [0.15, 0.2) is 0 Å². The molecule has 0 bridgehead atoms. The van der Waals surface area contributed by atoms with E-state index < -0.39 is 0 Å². The molecule has 0 aliphatic heterocycles. The maximum Gasteiger partial charge on any atom is 0.145 e. The SMILES string of the molecule is C=C(C)C1CCC(C)C1CC=C(C=O)CCO. The van der Waals surface area contributed by atoms with Crippen LogP contribution in [-0.4, -0.2) is 18.0 Å². The summed E-state index contributed by atoms with van der Waals surface area (Å²) in [5.41, 5.74) is 2.00. The van der Waals surface area contributed by atoms with Crippen LogP contribution in [-0.2, 0) is 4.79 Å². The van der Waals surface area contributed by atoms with Crippen LogP contribution >= 0.6 is 0 Å². The fraction of sp³-hybridized carbons (Fsp3) is 0.667. The fourth-order valence-corrected chi connectivity index (χ4v) is 2.90. The van der Waals surface area contributed by atoms with Crippen molar-refractivity contribution in [2.45, 2.75) is 39.5 Å². The summed E-state index contributed by atoms with van der Waals surface area (Å²) in [6.45, 7) is 8.52. The Bertz CT molecular complexity index is 304. The first-order valence-corrected chi connectivity index (χ1v) is 6.50. The Hall–Kier alpha value is -0.890. The molecule has 1 fully saturated rings. The molecule has 0 saturated heterocycles. The molecule has 3 atom stereocenters. The van der Waals surface area contributed by atoms with E-state index >= 15 is 0 Å². The van der Waals surface area contributed by atoms with Crippen molar-refractivity contribution in [1.82, 2.24) is 0 Å². The number of aliphatic hydroxyl groups excluding tert-OH is 1. The highest BCUT2D eigenvalue weighted by Gasteiger charge is 2.32. The summed E-state index contributed by atoms with van der Waals surface area (Å²) in [7, 11) is 0. The van der Waals surface area contributed by atoms with Gasteiger partial charge in [0.25, 0.3) is 0 Å². The highest BCUT2D eigenvalue weighted by molar-refractivity contribution is 5.72. The van der Waals surface area contributed by atoms with E-state index in [1.807, 2.05) is 6.08 Å². The highest BCUT2D eigenvalue weighted by atomic mass is 16.3. The molecular formula is C15H24O2. The lowest BCUT2D eigenvalue weighted by Gasteiger charge is -2.22. The van der Waals surface area contributed by atoms with Crippen molar-refractivity contribution in [1.29, 1.82) is 0 Å². The van der Waals surface area contributed by atoms with Gasteiger partial charge in [0.1, 0.15) is 6.29 Å². The molecule has 17 heavy (non-hydrogen) atoms. The zero-order valence-corrected chi connectivity index (χ0v) is 11.0. The van der Waals surface area contributed by atoms with Gasteiger partial charge in [-0.2, -0.15) is 0 Å². The summed E-state index contributed by atoms with van der Waals surface area (Å²) in [6, 6.07) is 0. The van der Waals surface area contributed by atoms with E-state index in [0.29, 0.717) is 24.2 Å². The molecule has 0 aromatic rings. The number of aliphatic hydroxyl groups is 1. The number of carbonyl (C=O) groups excluding carboxylic acids is 1. The molecule has 2 heteroatoms. The molecule has 0 aromatic heterocycles. The Labute approximate surface area is 104 Å². The number of allylic oxidation sites excluding steroid dienone is 2. The minimum Gasteiger partial charge on any atom is -0.396 e. The predicted octanol–water partition coefficient (Wildman–Crippen LogP) is 3.12. The molecule has 3 unspecified atom stereocenters. The molecule has 1 saturated carbocycles. The molecule has 2 nitrogen and oxygen atoms in total. The molecule has 1 N–H and O–H groups in total. The summed E-state index contributed by atoms with van der Waals surface area (Å²) in [6.07, 6.45) is 6.77. The van der Waals surface area contributed by atoms with Gasteiger partial charge in [0.2, 0.25) is 0 Å². The van der Waals surface area contributed by atoms with Crippen LogP contribution in [0.5, 0.6) is 0 Å². The zero-order valence-electron chi connectivity index (χ0n) is 11.0. The summed E-state index contributed by atoms with van der Waals surface area (Å²) >= 11 is 0. The molecular weight excluding hydrogens is 212 g/mol.